The van der Waals surface area contributed by atoms with E-state index < -0.39 is 42.1 Å². The Morgan fingerprint density at radius 2 is 1.78 bits per heavy atom. The van der Waals surface area contributed by atoms with Crippen LogP contribution in [0.4, 0.5) is 8.78 Å². The highest BCUT2D eigenvalue weighted by Gasteiger charge is 2.27. The number of thiol groups is 1. The van der Waals surface area contributed by atoms with E-state index in [-0.39, 0.29) is 69.3 Å². The van der Waals surface area contributed by atoms with E-state index in [2.05, 4.69) is 4.74 Å². The quantitative estimate of drug-likeness (QED) is 0.105. The molecule has 1 aliphatic carbocycles. The van der Waals surface area contributed by atoms with Crippen molar-refractivity contribution >= 4 is 46.0 Å². The summed E-state index contributed by atoms with van der Waals surface area (Å²) in [6.45, 7) is -3.97. The van der Waals surface area contributed by atoms with Gasteiger partial charge in [0.25, 0.3) is 0 Å². The molecule has 1 atom stereocenters. The molecule has 0 aliphatic heterocycles. The van der Waals surface area contributed by atoms with Crippen molar-refractivity contribution in [3.05, 3.63) is 92.4 Å². The maximum Gasteiger partial charge on any atom is 0.387 e. The van der Waals surface area contributed by atoms with Crippen LogP contribution in [0.2, 0.25) is 10.0 Å². The standard InChI is InChI=1S/C29H28Cl2F2N2O9S/c1-41-28(37)20-5-3-2-4-19(20)12-35(45(39)40)15-27(36)43-25(11-21-22(30)13-34(38)14-23(21)31)18-8-9-24(44-29(32)33)26(10-18)42-16-17-6-7-17/h2-5,8-10,13-14,17,25,29,45H,6-7,11-12,15-16H2,1H3/t25-/m0/s1. The molecule has 2 aromatic carbocycles. The van der Waals surface area contributed by atoms with Gasteiger partial charge in [-0.15, -0.1) is 0 Å². The first-order chi connectivity index (χ1) is 21.4. The summed E-state index contributed by atoms with van der Waals surface area (Å²) in [7, 11) is -2.15. The highest BCUT2D eigenvalue weighted by Crippen LogP contribution is 2.38. The van der Waals surface area contributed by atoms with Gasteiger partial charge in [-0.2, -0.15) is 17.8 Å². The normalized spacial score (nSPS) is 13.6. The predicted molar refractivity (Wildman–Crippen MR) is 158 cm³/mol. The largest absolute Gasteiger partial charge is 0.619 e. The maximum absolute atomic E-state index is 13.2. The molecule has 1 aromatic heterocycles. The fourth-order valence-electron chi connectivity index (χ4n) is 4.34. The van der Waals surface area contributed by atoms with Gasteiger partial charge in [0.2, 0.25) is 10.9 Å². The third kappa shape index (κ3) is 9.63. The molecule has 1 heterocycles. The summed E-state index contributed by atoms with van der Waals surface area (Å²) in [5.41, 5.74) is 0.891. The van der Waals surface area contributed by atoms with E-state index in [1.165, 1.54) is 37.4 Å². The number of carbonyl (C=O) groups excluding carboxylic acids is 2. The van der Waals surface area contributed by atoms with Crippen LogP contribution in [-0.4, -0.2) is 51.5 Å². The molecule has 0 saturated heterocycles. The number of pyridine rings is 1. The van der Waals surface area contributed by atoms with Crippen LogP contribution in [0.5, 0.6) is 11.5 Å². The van der Waals surface area contributed by atoms with E-state index in [4.69, 9.17) is 37.4 Å². The Morgan fingerprint density at radius 3 is 2.40 bits per heavy atom. The van der Waals surface area contributed by atoms with Crippen molar-refractivity contribution < 1.29 is 50.5 Å². The van der Waals surface area contributed by atoms with Crippen molar-refractivity contribution in [1.82, 2.24) is 4.31 Å². The van der Waals surface area contributed by atoms with E-state index in [9.17, 15) is 32.0 Å². The number of halogens is 4. The van der Waals surface area contributed by atoms with E-state index in [0.717, 1.165) is 29.5 Å². The SMILES string of the molecule is COC(=O)c1ccccc1CN(CC(=O)O[C@@H](Cc1c(Cl)c[n+]([O-])cc1Cl)c1ccc(OC(F)F)c(OCC2CC2)c1)[SH](=O)=O. The second-order valence-corrected chi connectivity index (χ2v) is 11.9. The molecule has 242 valence electrons. The number of benzene rings is 2. The Kier molecular flexibility index (Phi) is 11.8. The lowest BCUT2D eigenvalue weighted by Crippen LogP contribution is -2.31. The summed E-state index contributed by atoms with van der Waals surface area (Å²) in [4.78, 5) is 25.4. The fraction of sp³-hybridized carbons (Fsp3) is 0.345. The number of alkyl halides is 2. The zero-order chi connectivity index (χ0) is 32.7. The third-order valence-corrected chi connectivity index (χ3v) is 8.16. The number of aromatic nitrogens is 1. The lowest BCUT2D eigenvalue weighted by atomic mass is 10.0. The Morgan fingerprint density at radius 1 is 1.09 bits per heavy atom. The van der Waals surface area contributed by atoms with Crippen LogP contribution in [0.25, 0.3) is 0 Å². The Labute approximate surface area is 268 Å². The summed E-state index contributed by atoms with van der Waals surface area (Å²) in [6, 6.07) is 10.1. The first-order valence-electron chi connectivity index (χ1n) is 13.5. The van der Waals surface area contributed by atoms with Gasteiger partial charge in [-0.05, 0) is 48.1 Å². The van der Waals surface area contributed by atoms with Crippen molar-refractivity contribution in [3.8, 4) is 11.5 Å². The molecular weight excluding hydrogens is 661 g/mol. The number of esters is 2. The molecule has 1 aliphatic rings. The fourth-order valence-corrected chi connectivity index (χ4v) is 5.44. The number of methoxy groups -OCH3 is 1. The smallest absolute Gasteiger partial charge is 0.387 e. The number of ether oxygens (including phenoxy) is 4. The van der Waals surface area contributed by atoms with Crippen molar-refractivity contribution in [3.63, 3.8) is 0 Å². The summed E-state index contributed by atoms with van der Waals surface area (Å²) in [6.07, 6.45) is 2.57. The molecule has 0 N–H and O–H groups in total. The van der Waals surface area contributed by atoms with Crippen molar-refractivity contribution in [2.75, 3.05) is 20.3 Å². The zero-order valence-corrected chi connectivity index (χ0v) is 26.1. The molecule has 0 unspecified atom stereocenters. The van der Waals surface area contributed by atoms with Gasteiger partial charge in [0, 0.05) is 18.5 Å². The van der Waals surface area contributed by atoms with Crippen LogP contribution in [0.15, 0.2) is 54.9 Å². The van der Waals surface area contributed by atoms with Gasteiger partial charge >= 0.3 is 18.6 Å². The van der Waals surface area contributed by atoms with Gasteiger partial charge in [0.05, 0.1) is 19.3 Å². The Balaban J connectivity index is 1.63. The van der Waals surface area contributed by atoms with Crippen molar-refractivity contribution in [1.29, 1.82) is 0 Å². The molecule has 16 heteroatoms. The second kappa shape index (κ2) is 15.5. The predicted octanol–water partition coefficient (Wildman–Crippen LogP) is 4.66. The highest BCUT2D eigenvalue weighted by molar-refractivity contribution is 7.69. The highest BCUT2D eigenvalue weighted by atomic mass is 35.5. The van der Waals surface area contributed by atoms with Gasteiger partial charge < -0.3 is 24.2 Å². The van der Waals surface area contributed by atoms with E-state index >= 15 is 0 Å². The topological polar surface area (TPSA) is 135 Å². The average Bonchev–Trinajstić information content (AvgIpc) is 3.81. The van der Waals surface area contributed by atoms with Crippen LogP contribution >= 0.6 is 23.2 Å². The first kappa shape index (κ1) is 34.2. The second-order valence-electron chi connectivity index (χ2n) is 10.0. The molecule has 11 nitrogen and oxygen atoms in total. The van der Waals surface area contributed by atoms with Gasteiger partial charge in [0.15, 0.2) is 23.9 Å². The van der Waals surface area contributed by atoms with Crippen molar-refractivity contribution in [2.45, 2.75) is 38.5 Å². The van der Waals surface area contributed by atoms with Crippen molar-refractivity contribution in [2.24, 2.45) is 5.92 Å². The summed E-state index contributed by atoms with van der Waals surface area (Å²) in [5, 5.41) is 11.7. The molecule has 0 spiro atoms. The van der Waals surface area contributed by atoms with Crippen LogP contribution in [0, 0.1) is 11.1 Å². The molecule has 1 saturated carbocycles. The molecular formula is C29H28Cl2F2N2O9S. The molecule has 3 aromatic rings. The maximum atomic E-state index is 13.2. The van der Waals surface area contributed by atoms with Crippen LogP contribution < -0.4 is 14.2 Å². The van der Waals surface area contributed by atoms with E-state index in [1.807, 2.05) is 0 Å². The average molecular weight is 690 g/mol. The summed E-state index contributed by atoms with van der Waals surface area (Å²) in [5.74, 6) is -1.67. The first-order valence-corrected chi connectivity index (χ1v) is 15.4. The number of carbonyl (C=O) groups is 2. The molecule has 0 amide bonds. The number of nitrogens with zero attached hydrogens (tertiary/aromatic N) is 2. The summed E-state index contributed by atoms with van der Waals surface area (Å²) < 4.78 is 72.5. The number of rotatable bonds is 15. The van der Waals surface area contributed by atoms with E-state index in [1.54, 1.807) is 12.1 Å². The van der Waals surface area contributed by atoms with Crippen LogP contribution in [0.1, 0.15) is 46.0 Å². The lowest BCUT2D eigenvalue weighted by Gasteiger charge is -2.23. The van der Waals surface area contributed by atoms with Crippen LogP contribution in [-0.2, 0) is 38.1 Å². The van der Waals surface area contributed by atoms with Gasteiger partial charge in [-0.1, -0.05) is 47.5 Å². The minimum atomic E-state index is -3.33. The summed E-state index contributed by atoms with van der Waals surface area (Å²) >= 11 is 12.6. The van der Waals surface area contributed by atoms with Gasteiger partial charge in [-0.25, -0.2) is 13.2 Å². The molecule has 0 bridgehead atoms. The Bertz CT molecular complexity index is 1590. The number of hydrogen-bond donors (Lipinski definition) is 1. The van der Waals surface area contributed by atoms with Crippen LogP contribution in [0.3, 0.4) is 0 Å². The Hall–Kier alpha value is -3.72. The minimum Gasteiger partial charge on any atom is -0.619 e. The lowest BCUT2D eigenvalue weighted by molar-refractivity contribution is -0.605. The molecule has 45 heavy (non-hydrogen) atoms. The minimum absolute atomic E-state index is 0.0212. The molecule has 4 rings (SSSR count). The third-order valence-electron chi connectivity index (χ3n) is 6.77. The van der Waals surface area contributed by atoms with Gasteiger partial charge in [-0.3, -0.25) is 4.79 Å². The van der Waals surface area contributed by atoms with Gasteiger partial charge in [0.1, 0.15) is 22.7 Å². The molecule has 0 radical (unpaired) electrons. The zero-order valence-electron chi connectivity index (χ0n) is 23.7. The number of hydrogen-bond acceptors (Lipinski definition) is 9. The monoisotopic (exact) mass is 688 g/mol. The van der Waals surface area contributed by atoms with E-state index in [0.29, 0.717) is 4.73 Å². The molecule has 1 fully saturated rings.